The number of carbonyl (C=O) groups excluding carboxylic acids is 1. The zero-order valence-electron chi connectivity index (χ0n) is 16.3. The van der Waals surface area contributed by atoms with Crippen LogP contribution in [0.25, 0.3) is 0 Å². The lowest BCUT2D eigenvalue weighted by atomic mass is 9.65. The Hall–Kier alpha value is -2.65. The van der Waals surface area contributed by atoms with E-state index in [9.17, 15) is 4.79 Å². The molecule has 0 radical (unpaired) electrons. The van der Waals surface area contributed by atoms with Crippen molar-refractivity contribution in [1.82, 2.24) is 4.98 Å². The molecule has 1 aliphatic rings. The second-order valence-electron chi connectivity index (χ2n) is 8.23. The Labute approximate surface area is 171 Å². The summed E-state index contributed by atoms with van der Waals surface area (Å²) in [5, 5.41) is 0.726. The lowest BCUT2D eigenvalue weighted by Crippen LogP contribution is -2.55. The minimum absolute atomic E-state index is 0.0243. The van der Waals surface area contributed by atoms with Gasteiger partial charge in [-0.1, -0.05) is 48.9 Å². The summed E-state index contributed by atoms with van der Waals surface area (Å²) in [6, 6.07) is 19.9. The largest absolute Gasteiger partial charge is 0.302 e. The quantitative estimate of drug-likeness (QED) is 0.548. The molecule has 0 bridgehead atoms. The molecule has 1 aromatic heterocycles. The van der Waals surface area contributed by atoms with E-state index in [-0.39, 0.29) is 16.9 Å². The highest BCUT2D eigenvalue weighted by Gasteiger charge is 2.47. The molecule has 142 valence electrons. The fourth-order valence-corrected chi connectivity index (χ4v) is 4.70. The van der Waals surface area contributed by atoms with Crippen LogP contribution in [0.2, 0.25) is 5.02 Å². The fourth-order valence-electron chi connectivity index (χ4n) is 4.58. The molecular weight excluding hydrogens is 368 g/mol. The zero-order valence-corrected chi connectivity index (χ0v) is 17.1. The number of anilines is 1. The molecule has 0 aliphatic carbocycles. The maximum absolute atomic E-state index is 13.4. The maximum atomic E-state index is 13.4. The maximum Gasteiger partial charge on any atom is 0.260 e. The van der Waals surface area contributed by atoms with Crippen LogP contribution in [0.3, 0.4) is 0 Å². The van der Waals surface area contributed by atoms with Gasteiger partial charge in [-0.25, -0.2) is 0 Å². The van der Waals surface area contributed by atoms with Crippen molar-refractivity contribution in [3.8, 4) is 0 Å². The van der Waals surface area contributed by atoms with E-state index < -0.39 is 0 Å². The van der Waals surface area contributed by atoms with Crippen LogP contribution in [0.5, 0.6) is 0 Å². The average Bonchev–Trinajstić information content (AvgIpc) is 2.68. The summed E-state index contributed by atoms with van der Waals surface area (Å²) in [4.78, 5) is 19.5. The predicted molar refractivity (Wildman–Crippen MR) is 114 cm³/mol. The molecule has 0 unspecified atom stereocenters. The standard InChI is InChI=1S/C24H23ClN2O/c1-23(2)16-24(3,18-10-12-19(25)13-11-18)20-8-4-5-9-21(20)27(23)22(28)17-7-6-14-26-15-17/h4-15H,16H2,1-3H3/t24-/m1/s1. The van der Waals surface area contributed by atoms with Crippen molar-refractivity contribution in [2.75, 3.05) is 4.90 Å². The molecule has 0 saturated heterocycles. The van der Waals surface area contributed by atoms with Crippen LogP contribution in [0.15, 0.2) is 73.1 Å². The van der Waals surface area contributed by atoms with E-state index in [4.69, 9.17) is 11.6 Å². The third-order valence-electron chi connectivity index (χ3n) is 5.72. The number of para-hydroxylation sites is 1. The van der Waals surface area contributed by atoms with Gasteiger partial charge < -0.3 is 4.90 Å². The van der Waals surface area contributed by atoms with Crippen LogP contribution < -0.4 is 4.90 Å². The molecule has 1 amide bonds. The first-order valence-corrected chi connectivity index (χ1v) is 9.81. The Morgan fingerprint density at radius 1 is 1.00 bits per heavy atom. The van der Waals surface area contributed by atoms with Crippen LogP contribution in [0.4, 0.5) is 5.69 Å². The van der Waals surface area contributed by atoms with Gasteiger partial charge in [-0.15, -0.1) is 0 Å². The van der Waals surface area contributed by atoms with Crippen molar-refractivity contribution in [1.29, 1.82) is 0 Å². The summed E-state index contributed by atoms with van der Waals surface area (Å²) < 4.78 is 0. The van der Waals surface area contributed by atoms with Gasteiger partial charge in [0.2, 0.25) is 0 Å². The highest BCUT2D eigenvalue weighted by Crippen LogP contribution is 2.50. The van der Waals surface area contributed by atoms with Gasteiger partial charge in [0.15, 0.2) is 0 Å². The molecule has 1 atom stereocenters. The van der Waals surface area contributed by atoms with Crippen LogP contribution >= 0.6 is 11.6 Å². The first-order chi connectivity index (χ1) is 13.3. The number of halogens is 1. The van der Waals surface area contributed by atoms with Crippen LogP contribution in [0.1, 0.15) is 48.7 Å². The summed E-state index contributed by atoms with van der Waals surface area (Å²) in [6.45, 7) is 6.51. The number of hydrogen-bond donors (Lipinski definition) is 0. The molecule has 0 saturated carbocycles. The van der Waals surface area contributed by atoms with Crippen LogP contribution in [-0.4, -0.2) is 16.4 Å². The first-order valence-electron chi connectivity index (χ1n) is 9.43. The van der Waals surface area contributed by atoms with Crippen molar-refractivity contribution in [2.24, 2.45) is 0 Å². The topological polar surface area (TPSA) is 33.2 Å². The lowest BCUT2D eigenvalue weighted by Gasteiger charge is -2.51. The van der Waals surface area contributed by atoms with E-state index in [2.05, 4.69) is 44.0 Å². The Kier molecular flexibility index (Phi) is 4.51. The molecule has 4 heteroatoms. The molecule has 2 heterocycles. The minimum Gasteiger partial charge on any atom is -0.302 e. The number of aromatic nitrogens is 1. The molecule has 3 aromatic rings. The number of nitrogens with zero attached hydrogens (tertiary/aromatic N) is 2. The van der Waals surface area contributed by atoms with Crippen molar-refractivity contribution in [2.45, 2.75) is 38.1 Å². The second kappa shape index (κ2) is 6.75. The molecule has 28 heavy (non-hydrogen) atoms. The minimum atomic E-state index is -0.379. The second-order valence-corrected chi connectivity index (χ2v) is 8.66. The molecular formula is C24H23ClN2O. The third kappa shape index (κ3) is 3.00. The van der Waals surface area contributed by atoms with E-state index in [0.717, 1.165) is 22.7 Å². The van der Waals surface area contributed by atoms with Gasteiger partial charge in [0, 0.05) is 34.1 Å². The Morgan fingerprint density at radius 3 is 2.39 bits per heavy atom. The van der Waals surface area contributed by atoms with Gasteiger partial charge in [-0.05, 0) is 61.7 Å². The van der Waals surface area contributed by atoms with Crippen molar-refractivity contribution >= 4 is 23.2 Å². The molecule has 1 aliphatic heterocycles. The van der Waals surface area contributed by atoms with E-state index in [1.165, 1.54) is 5.56 Å². The molecule has 4 rings (SSSR count). The summed E-state index contributed by atoms with van der Waals surface area (Å²) in [5.74, 6) is -0.0243. The Balaban J connectivity index is 1.89. The Bertz CT molecular complexity index is 1010. The number of carbonyl (C=O) groups is 1. The molecule has 3 nitrogen and oxygen atoms in total. The van der Waals surface area contributed by atoms with Gasteiger partial charge in [0.1, 0.15) is 0 Å². The summed E-state index contributed by atoms with van der Waals surface area (Å²) >= 11 is 6.13. The molecule has 0 fully saturated rings. The number of hydrogen-bond acceptors (Lipinski definition) is 2. The molecule has 0 spiro atoms. The van der Waals surface area contributed by atoms with Gasteiger partial charge in [0.05, 0.1) is 5.56 Å². The summed E-state index contributed by atoms with van der Waals surface area (Å²) in [6.07, 6.45) is 4.11. The number of benzene rings is 2. The van der Waals surface area contributed by atoms with Crippen LogP contribution in [0, 0.1) is 0 Å². The highest BCUT2D eigenvalue weighted by molar-refractivity contribution is 6.30. The molecule has 2 aromatic carbocycles. The van der Waals surface area contributed by atoms with Gasteiger partial charge in [0.25, 0.3) is 5.91 Å². The predicted octanol–water partition coefficient (Wildman–Crippen LogP) is 5.87. The Morgan fingerprint density at radius 2 is 1.71 bits per heavy atom. The average molecular weight is 391 g/mol. The number of pyridine rings is 1. The highest BCUT2D eigenvalue weighted by atomic mass is 35.5. The van der Waals surface area contributed by atoms with Crippen molar-refractivity contribution < 1.29 is 4.79 Å². The van der Waals surface area contributed by atoms with E-state index in [1.807, 2.05) is 41.3 Å². The summed E-state index contributed by atoms with van der Waals surface area (Å²) in [5.41, 5.74) is 3.29. The van der Waals surface area contributed by atoms with Crippen LogP contribution in [-0.2, 0) is 5.41 Å². The summed E-state index contributed by atoms with van der Waals surface area (Å²) in [7, 11) is 0. The van der Waals surface area contributed by atoms with Crippen molar-refractivity contribution in [3.63, 3.8) is 0 Å². The van der Waals surface area contributed by atoms with E-state index >= 15 is 0 Å². The monoisotopic (exact) mass is 390 g/mol. The van der Waals surface area contributed by atoms with Gasteiger partial charge in [-0.2, -0.15) is 0 Å². The lowest BCUT2D eigenvalue weighted by molar-refractivity contribution is 0.0948. The van der Waals surface area contributed by atoms with E-state index in [1.54, 1.807) is 18.5 Å². The fraction of sp³-hybridized carbons (Fsp3) is 0.250. The number of fused-ring (bicyclic) bond motifs is 1. The van der Waals surface area contributed by atoms with E-state index in [0.29, 0.717) is 5.56 Å². The first kappa shape index (κ1) is 18.7. The van der Waals surface area contributed by atoms with Gasteiger partial charge in [-0.3, -0.25) is 9.78 Å². The SMILES string of the molecule is CC1(C)C[C@](C)(c2ccc(Cl)cc2)c2ccccc2N1C(=O)c1cccnc1. The zero-order chi connectivity index (χ0) is 19.9. The normalized spacial score (nSPS) is 20.5. The third-order valence-corrected chi connectivity index (χ3v) is 5.98. The smallest absolute Gasteiger partial charge is 0.260 e. The van der Waals surface area contributed by atoms with Gasteiger partial charge >= 0.3 is 0 Å². The van der Waals surface area contributed by atoms with Crippen molar-refractivity contribution in [3.05, 3.63) is 94.8 Å². The number of amides is 1. The molecule has 0 N–H and O–H groups in total. The number of rotatable bonds is 2.